The van der Waals surface area contributed by atoms with Crippen molar-refractivity contribution in [3.63, 3.8) is 0 Å². The quantitative estimate of drug-likeness (QED) is 0.165. The molecular formula is C66H71BN2O. The third-order valence-electron chi connectivity index (χ3n) is 17.7. The van der Waals surface area contributed by atoms with Gasteiger partial charge in [0.1, 0.15) is 5.58 Å². The van der Waals surface area contributed by atoms with Crippen molar-refractivity contribution in [2.45, 2.75) is 155 Å². The van der Waals surface area contributed by atoms with Gasteiger partial charge in [-0.15, -0.1) is 0 Å². The Bertz CT molecular complexity index is 3480. The summed E-state index contributed by atoms with van der Waals surface area (Å²) in [4.78, 5) is 5.30. The van der Waals surface area contributed by atoms with E-state index in [-0.39, 0.29) is 39.3 Å². The number of hydrogen-bond donors (Lipinski definition) is 0. The number of nitrogens with zero attached hydrogens (tertiary/aromatic N) is 2. The first kappa shape index (κ1) is 45.2. The van der Waals surface area contributed by atoms with Crippen LogP contribution in [-0.2, 0) is 32.5 Å². The van der Waals surface area contributed by atoms with Crippen LogP contribution >= 0.6 is 0 Å². The van der Waals surface area contributed by atoms with Gasteiger partial charge in [-0.3, -0.25) is 4.90 Å². The lowest BCUT2D eigenvalue weighted by Crippen LogP contribution is -2.61. The lowest BCUT2D eigenvalue weighted by molar-refractivity contribution is 0.332. The van der Waals surface area contributed by atoms with Gasteiger partial charge in [0.15, 0.2) is 0 Å². The fraction of sp³-hybridized carbons (Fsp3) is 0.364. The fourth-order valence-electron chi connectivity index (χ4n) is 13.0. The van der Waals surface area contributed by atoms with E-state index in [0.29, 0.717) is 0 Å². The maximum Gasteiger partial charge on any atom is 0.337 e. The lowest BCUT2D eigenvalue weighted by Gasteiger charge is -2.46. The van der Waals surface area contributed by atoms with Crippen LogP contribution in [0, 0.1) is 0 Å². The summed E-state index contributed by atoms with van der Waals surface area (Å²) in [6.45, 7) is 33.4. The Kier molecular flexibility index (Phi) is 9.54. The summed E-state index contributed by atoms with van der Waals surface area (Å²) in [5.74, 6) is 0.910. The molecule has 3 heterocycles. The van der Waals surface area contributed by atoms with E-state index in [2.05, 4.69) is 234 Å². The van der Waals surface area contributed by atoms with Crippen molar-refractivity contribution in [3.8, 4) is 22.3 Å². The molecule has 4 aliphatic rings. The van der Waals surface area contributed by atoms with E-state index < -0.39 is 0 Å². The van der Waals surface area contributed by atoms with Crippen molar-refractivity contribution in [2.24, 2.45) is 0 Å². The third kappa shape index (κ3) is 6.67. The van der Waals surface area contributed by atoms with Gasteiger partial charge < -0.3 is 9.23 Å². The summed E-state index contributed by atoms with van der Waals surface area (Å²) in [6.07, 6.45) is 4.62. The van der Waals surface area contributed by atoms with Crippen LogP contribution in [0.4, 0.5) is 28.6 Å². The molecule has 0 amide bonds. The molecule has 0 atom stereocenters. The molecule has 0 spiro atoms. The van der Waals surface area contributed by atoms with Gasteiger partial charge in [-0.2, -0.15) is 0 Å². The SMILES string of the molecule is CC(C)(C)c1ccc2c(c1)-c1cc3ccccc3c3c1B(c1c(oc4cc5c(cc14)C(C)(C)CCC5(C)C)N3c1ccc(C(C)(C)C)cc1-c1ccccc1)N2c1ccc2c(c1)C(C)(C)CCC2(C)C. The fourth-order valence-corrected chi connectivity index (χ4v) is 13.0. The number of furan rings is 1. The van der Waals surface area contributed by atoms with Crippen LogP contribution in [0.15, 0.2) is 132 Å². The minimum Gasteiger partial charge on any atom is -0.440 e. The van der Waals surface area contributed by atoms with Crippen molar-refractivity contribution in [3.05, 3.63) is 161 Å². The van der Waals surface area contributed by atoms with Gasteiger partial charge in [0, 0.05) is 38.7 Å². The molecule has 2 aliphatic carbocycles. The van der Waals surface area contributed by atoms with Gasteiger partial charge in [0.2, 0.25) is 5.88 Å². The molecule has 4 heteroatoms. The van der Waals surface area contributed by atoms with E-state index in [1.54, 1.807) is 0 Å². The maximum atomic E-state index is 7.76. The summed E-state index contributed by atoms with van der Waals surface area (Å²) in [7, 11) is 0. The summed E-state index contributed by atoms with van der Waals surface area (Å²) in [6, 6.07) is 49.8. The molecular weight excluding hydrogens is 848 g/mol. The van der Waals surface area contributed by atoms with Crippen molar-refractivity contribution in [1.82, 2.24) is 0 Å². The van der Waals surface area contributed by atoms with E-state index in [1.165, 1.54) is 106 Å². The van der Waals surface area contributed by atoms with Gasteiger partial charge >= 0.3 is 6.85 Å². The molecule has 0 radical (unpaired) electrons. The largest absolute Gasteiger partial charge is 0.440 e. The van der Waals surface area contributed by atoms with Crippen LogP contribution in [0.1, 0.15) is 156 Å². The molecule has 0 N–H and O–H groups in total. The number of fused-ring (bicyclic) bond motifs is 10. The predicted octanol–water partition coefficient (Wildman–Crippen LogP) is 17.3. The second-order valence-electron chi connectivity index (χ2n) is 26.3. The van der Waals surface area contributed by atoms with Gasteiger partial charge in [-0.25, -0.2) is 0 Å². The van der Waals surface area contributed by atoms with E-state index >= 15 is 0 Å². The first-order chi connectivity index (χ1) is 32.9. The van der Waals surface area contributed by atoms with Crippen molar-refractivity contribution < 1.29 is 4.42 Å². The molecule has 12 rings (SSSR count). The Morgan fingerprint density at radius 2 is 1.03 bits per heavy atom. The normalized spacial score (nSPS) is 18.3. The van der Waals surface area contributed by atoms with Crippen molar-refractivity contribution in [2.75, 3.05) is 9.71 Å². The molecule has 3 nitrogen and oxygen atoms in total. The molecule has 0 unspecified atom stereocenters. The topological polar surface area (TPSA) is 19.6 Å². The van der Waals surface area contributed by atoms with E-state index in [1.807, 2.05) is 0 Å². The van der Waals surface area contributed by atoms with Crippen molar-refractivity contribution >= 4 is 68.1 Å². The van der Waals surface area contributed by atoms with E-state index in [0.717, 1.165) is 36.4 Å². The highest BCUT2D eigenvalue weighted by atomic mass is 16.4. The number of benzene rings is 7. The zero-order chi connectivity index (χ0) is 49.2. The molecule has 70 heavy (non-hydrogen) atoms. The number of rotatable bonds is 3. The van der Waals surface area contributed by atoms with Crippen molar-refractivity contribution in [1.29, 1.82) is 0 Å². The minimum atomic E-state index is -0.195. The molecule has 8 aromatic rings. The van der Waals surface area contributed by atoms with Gasteiger partial charge in [0.25, 0.3) is 0 Å². The Balaban J connectivity index is 1.27. The van der Waals surface area contributed by atoms with Crippen LogP contribution in [0.3, 0.4) is 0 Å². The lowest BCUT2D eigenvalue weighted by atomic mass is 9.43. The summed E-state index contributed by atoms with van der Waals surface area (Å²) in [5, 5.41) is 3.66. The Hall–Kier alpha value is -6.00. The summed E-state index contributed by atoms with van der Waals surface area (Å²) < 4.78 is 7.76. The zero-order valence-electron chi connectivity index (χ0n) is 44.3. The highest BCUT2D eigenvalue weighted by Crippen LogP contribution is 2.55. The molecule has 0 saturated carbocycles. The smallest absolute Gasteiger partial charge is 0.337 e. The highest BCUT2D eigenvalue weighted by molar-refractivity contribution is 6.95. The Morgan fingerprint density at radius 3 is 1.67 bits per heavy atom. The molecule has 354 valence electrons. The standard InChI is InChI=1S/C66H71BN2O/c1-61(2,3)42-24-28-54(46(35-42)40-20-16-15-17-21-40)68-59-45-23-19-18-22-41(45)34-48-47-36-43(62(4,5)6)25-29-55(47)69(44-26-27-50-51(37-44)64(9,10)31-30-63(50,7)8)67(57(48)59)58-49-38-52-53(39-56(49)70-60(58)68)66(13,14)33-32-65(52,11)12/h15-29,34-39H,30-33H2,1-14H3. The zero-order valence-corrected chi connectivity index (χ0v) is 44.3. The number of anilines is 5. The Morgan fingerprint density at radius 1 is 0.471 bits per heavy atom. The van der Waals surface area contributed by atoms with Crippen LogP contribution in [0.5, 0.6) is 0 Å². The number of hydrogen-bond acceptors (Lipinski definition) is 3. The highest BCUT2D eigenvalue weighted by Gasteiger charge is 2.51. The van der Waals surface area contributed by atoms with Crippen LogP contribution < -0.4 is 20.6 Å². The predicted molar refractivity (Wildman–Crippen MR) is 301 cm³/mol. The molecule has 1 aromatic heterocycles. The van der Waals surface area contributed by atoms with E-state index in [9.17, 15) is 0 Å². The third-order valence-corrected chi connectivity index (χ3v) is 17.7. The maximum absolute atomic E-state index is 7.76. The monoisotopic (exact) mass is 919 g/mol. The molecule has 0 saturated heterocycles. The molecule has 7 aromatic carbocycles. The van der Waals surface area contributed by atoms with Gasteiger partial charge in [-0.05, 0) is 168 Å². The summed E-state index contributed by atoms with van der Waals surface area (Å²) >= 11 is 0. The minimum absolute atomic E-state index is 0.0131. The molecule has 0 fully saturated rings. The van der Waals surface area contributed by atoms with Gasteiger partial charge in [0.05, 0.1) is 11.4 Å². The van der Waals surface area contributed by atoms with Crippen LogP contribution in [-0.4, -0.2) is 6.85 Å². The molecule has 2 aliphatic heterocycles. The van der Waals surface area contributed by atoms with E-state index in [4.69, 9.17) is 4.42 Å². The molecule has 0 bridgehead atoms. The Labute approximate surface area is 418 Å². The average Bonchev–Trinajstić information content (AvgIpc) is 3.69. The van der Waals surface area contributed by atoms with Gasteiger partial charge in [-0.1, -0.05) is 170 Å². The second-order valence-corrected chi connectivity index (χ2v) is 26.3. The first-order valence-corrected chi connectivity index (χ1v) is 26.2. The average molecular weight is 919 g/mol. The second kappa shape index (κ2) is 14.8. The first-order valence-electron chi connectivity index (χ1n) is 26.2. The summed E-state index contributed by atoms with van der Waals surface area (Å²) in [5.41, 5.74) is 21.8. The van der Waals surface area contributed by atoms with Crippen LogP contribution in [0.2, 0.25) is 0 Å². The van der Waals surface area contributed by atoms with Crippen LogP contribution in [0.25, 0.3) is 44.0 Å².